The smallest absolute Gasteiger partial charge is 0.307 e. The second kappa shape index (κ2) is 8.97. The number of rotatable bonds is 6. The lowest BCUT2D eigenvalue weighted by Gasteiger charge is -2.05. The van der Waals surface area contributed by atoms with Crippen LogP contribution in [0.5, 0.6) is 5.75 Å². The van der Waals surface area contributed by atoms with E-state index < -0.39 is 10.8 Å². The summed E-state index contributed by atoms with van der Waals surface area (Å²) in [6.07, 6.45) is 1.31. The van der Waals surface area contributed by atoms with E-state index in [0.717, 1.165) is 9.86 Å². The summed E-state index contributed by atoms with van der Waals surface area (Å²) in [5.41, 5.74) is 3.25. The molecule has 1 N–H and O–H groups in total. The van der Waals surface area contributed by atoms with Gasteiger partial charge in [-0.3, -0.25) is 14.9 Å². The maximum atomic E-state index is 12.4. The summed E-state index contributed by atoms with van der Waals surface area (Å²) in [5, 5.41) is 15.7. The van der Waals surface area contributed by atoms with E-state index in [1.54, 1.807) is 18.2 Å². The molecule has 2 heterocycles. The first kappa shape index (κ1) is 21.8. The zero-order valence-electron chi connectivity index (χ0n) is 16.3. The van der Waals surface area contributed by atoms with E-state index in [-0.39, 0.29) is 11.4 Å². The van der Waals surface area contributed by atoms with Crippen molar-refractivity contribution >= 4 is 60.6 Å². The Balaban J connectivity index is 1.50. The number of hydrogen-bond donors (Lipinski definition) is 1. The molecule has 0 radical (unpaired) electrons. The lowest BCUT2D eigenvalue weighted by Crippen LogP contribution is -2.16. The Labute approximate surface area is 197 Å². The first-order valence-electron chi connectivity index (χ1n) is 9.00. The molecule has 162 valence electrons. The van der Waals surface area contributed by atoms with Crippen LogP contribution in [0.15, 0.2) is 71.4 Å². The molecule has 2 aromatic carbocycles. The predicted molar refractivity (Wildman–Crippen MR) is 124 cm³/mol. The van der Waals surface area contributed by atoms with E-state index in [9.17, 15) is 14.9 Å². The van der Waals surface area contributed by atoms with Crippen molar-refractivity contribution in [2.24, 2.45) is 5.10 Å². The summed E-state index contributed by atoms with van der Waals surface area (Å²) in [7, 11) is 1.46. The average molecular weight is 563 g/mol. The molecule has 0 unspecified atom stereocenters. The van der Waals surface area contributed by atoms with E-state index in [1.807, 2.05) is 12.1 Å². The predicted octanol–water partition coefficient (Wildman–Crippen LogP) is 5.90. The highest BCUT2D eigenvalue weighted by molar-refractivity contribution is 9.11. The highest BCUT2D eigenvalue weighted by atomic mass is 79.9. The number of nitrogens with zero attached hydrogens (tertiary/aromatic N) is 2. The maximum Gasteiger partial charge on any atom is 0.307 e. The van der Waals surface area contributed by atoms with Crippen LogP contribution < -0.4 is 10.2 Å². The van der Waals surface area contributed by atoms with Crippen LogP contribution in [0.3, 0.4) is 0 Å². The molecule has 0 atom stereocenters. The van der Waals surface area contributed by atoms with Crippen molar-refractivity contribution in [1.29, 1.82) is 0 Å². The molecule has 0 aliphatic rings. The van der Waals surface area contributed by atoms with Gasteiger partial charge in [0, 0.05) is 22.0 Å². The van der Waals surface area contributed by atoms with Crippen LogP contribution in [-0.2, 0) is 0 Å². The SMILES string of the molecule is COc1ccc([N+](=O)[O-])cc1-c1ccc(/C=N\NC(=O)c2cc3cc(Br)cc(Br)c3o2)o1. The molecule has 0 aliphatic carbocycles. The van der Waals surface area contributed by atoms with Crippen LogP contribution in [0.4, 0.5) is 5.69 Å². The molecule has 0 spiro atoms. The van der Waals surface area contributed by atoms with E-state index >= 15 is 0 Å². The number of amides is 1. The molecular formula is C21H13Br2N3O6. The van der Waals surface area contributed by atoms with Crippen LogP contribution >= 0.6 is 31.9 Å². The number of non-ortho nitro benzene ring substituents is 1. The summed E-state index contributed by atoms with van der Waals surface area (Å²) in [6.45, 7) is 0. The molecule has 9 nitrogen and oxygen atoms in total. The molecule has 32 heavy (non-hydrogen) atoms. The Hall–Kier alpha value is -3.44. The monoisotopic (exact) mass is 561 g/mol. The summed E-state index contributed by atoms with van der Waals surface area (Å²) in [5.74, 6) is 0.658. The van der Waals surface area contributed by atoms with E-state index in [2.05, 4.69) is 42.4 Å². The standard InChI is InChI=1S/C21H13Br2N3O6/c1-30-17-4-2-13(26(28)29)9-15(17)18-5-3-14(31-18)10-24-25-21(27)19-7-11-6-12(22)8-16(23)20(11)32-19/h2-10H,1H3,(H,25,27)/b24-10-. The van der Waals surface area contributed by atoms with E-state index in [1.165, 1.54) is 31.5 Å². The molecule has 0 saturated carbocycles. The number of fused-ring (bicyclic) bond motifs is 1. The Morgan fingerprint density at radius 1 is 1.16 bits per heavy atom. The molecule has 4 rings (SSSR count). The average Bonchev–Trinajstić information content (AvgIpc) is 3.40. The lowest BCUT2D eigenvalue weighted by molar-refractivity contribution is -0.384. The number of ether oxygens (including phenoxy) is 1. The van der Waals surface area contributed by atoms with Crippen molar-refractivity contribution in [1.82, 2.24) is 5.43 Å². The Morgan fingerprint density at radius 2 is 1.97 bits per heavy atom. The van der Waals surface area contributed by atoms with Crippen LogP contribution in [0, 0.1) is 10.1 Å². The van der Waals surface area contributed by atoms with E-state index in [4.69, 9.17) is 13.6 Å². The van der Waals surface area contributed by atoms with Gasteiger partial charge in [0.15, 0.2) is 5.76 Å². The van der Waals surface area contributed by atoms with Crippen molar-refractivity contribution in [3.05, 3.63) is 79.1 Å². The van der Waals surface area contributed by atoms with E-state index in [0.29, 0.717) is 32.9 Å². The number of methoxy groups -OCH3 is 1. The van der Waals surface area contributed by atoms with Crippen molar-refractivity contribution < 1.29 is 23.3 Å². The Bertz CT molecular complexity index is 1380. The van der Waals surface area contributed by atoms with Gasteiger partial charge in [-0.2, -0.15) is 5.10 Å². The zero-order chi connectivity index (χ0) is 22.8. The van der Waals surface area contributed by atoms with Crippen molar-refractivity contribution in [3.63, 3.8) is 0 Å². The van der Waals surface area contributed by atoms with Gasteiger partial charge in [0.05, 0.1) is 28.3 Å². The molecule has 11 heteroatoms. The van der Waals surface area contributed by atoms with Crippen LogP contribution in [0.2, 0.25) is 0 Å². The molecule has 0 bridgehead atoms. The van der Waals surface area contributed by atoms with Gasteiger partial charge in [0.25, 0.3) is 5.69 Å². The highest BCUT2D eigenvalue weighted by Gasteiger charge is 2.16. The molecule has 4 aromatic rings. The quantitative estimate of drug-likeness (QED) is 0.177. The van der Waals surface area contributed by atoms with Gasteiger partial charge in [-0.15, -0.1) is 0 Å². The third-order valence-electron chi connectivity index (χ3n) is 4.40. The molecule has 0 fully saturated rings. The summed E-state index contributed by atoms with van der Waals surface area (Å²) >= 11 is 6.78. The number of furan rings is 2. The number of nitro benzene ring substituents is 1. The molecule has 1 amide bonds. The fourth-order valence-corrected chi connectivity index (χ4v) is 4.31. The minimum absolute atomic E-state index is 0.0934. The number of hydrogen-bond acceptors (Lipinski definition) is 7. The first-order chi connectivity index (χ1) is 15.4. The van der Waals surface area contributed by atoms with Gasteiger partial charge in [-0.1, -0.05) is 15.9 Å². The van der Waals surface area contributed by atoms with Gasteiger partial charge in [-0.25, -0.2) is 5.43 Å². The summed E-state index contributed by atoms with van der Waals surface area (Å²) in [4.78, 5) is 22.9. The minimum Gasteiger partial charge on any atom is -0.496 e. The highest BCUT2D eigenvalue weighted by Crippen LogP contribution is 2.34. The molecule has 0 aliphatic heterocycles. The minimum atomic E-state index is -0.535. The largest absolute Gasteiger partial charge is 0.496 e. The van der Waals surface area contributed by atoms with Gasteiger partial charge >= 0.3 is 5.91 Å². The maximum absolute atomic E-state index is 12.4. The van der Waals surface area contributed by atoms with Gasteiger partial charge in [0.1, 0.15) is 22.9 Å². The van der Waals surface area contributed by atoms with Crippen molar-refractivity contribution in [2.75, 3.05) is 7.11 Å². The number of hydrazone groups is 1. The van der Waals surface area contributed by atoms with Gasteiger partial charge in [0.2, 0.25) is 0 Å². The second-order valence-corrected chi connectivity index (χ2v) is 8.23. The molecule has 0 saturated heterocycles. The molecular weight excluding hydrogens is 550 g/mol. The van der Waals surface area contributed by atoms with Gasteiger partial charge < -0.3 is 13.6 Å². The van der Waals surface area contributed by atoms with Crippen molar-refractivity contribution in [3.8, 4) is 17.1 Å². The summed E-state index contributed by atoms with van der Waals surface area (Å²) in [6, 6.07) is 12.7. The number of halogens is 2. The zero-order valence-corrected chi connectivity index (χ0v) is 19.5. The Kier molecular flexibility index (Phi) is 6.10. The topological polar surface area (TPSA) is 120 Å². The van der Waals surface area contributed by atoms with Crippen molar-refractivity contribution in [2.45, 2.75) is 0 Å². The second-order valence-electron chi connectivity index (χ2n) is 6.46. The Morgan fingerprint density at radius 3 is 2.72 bits per heavy atom. The first-order valence-corrected chi connectivity index (χ1v) is 10.6. The third-order valence-corrected chi connectivity index (χ3v) is 5.45. The van der Waals surface area contributed by atoms with Crippen LogP contribution in [-0.4, -0.2) is 24.2 Å². The van der Waals surface area contributed by atoms with Crippen LogP contribution in [0.25, 0.3) is 22.3 Å². The number of benzene rings is 2. The number of nitrogens with one attached hydrogen (secondary N) is 1. The normalized spacial score (nSPS) is 11.2. The number of carbonyl (C=O) groups excluding carboxylic acids is 1. The number of nitro groups is 1. The fraction of sp³-hybridized carbons (Fsp3) is 0.0476. The van der Waals surface area contributed by atoms with Crippen LogP contribution in [0.1, 0.15) is 16.3 Å². The number of carbonyl (C=O) groups is 1. The summed E-state index contributed by atoms with van der Waals surface area (Å²) < 4.78 is 18.1. The molecule has 2 aromatic heterocycles. The fourth-order valence-electron chi connectivity index (χ4n) is 2.97. The van der Waals surface area contributed by atoms with Gasteiger partial charge in [-0.05, 0) is 52.3 Å². The third kappa shape index (κ3) is 4.43. The lowest BCUT2D eigenvalue weighted by atomic mass is 10.1.